The topological polar surface area (TPSA) is 95.9 Å². The molecule has 0 bridgehead atoms. The maximum atomic E-state index is 11.7. The first kappa shape index (κ1) is 21.0. The van der Waals surface area contributed by atoms with Crippen molar-refractivity contribution in [1.29, 1.82) is 0 Å². The first-order valence-electron chi connectivity index (χ1n) is 8.82. The molecule has 28 heavy (non-hydrogen) atoms. The largest absolute Gasteiger partial charge is 0.497 e. The number of hydrogen-bond acceptors (Lipinski definition) is 4. The average Bonchev–Trinajstić information content (AvgIpc) is 2.70. The van der Waals surface area contributed by atoms with Crippen LogP contribution in [0.4, 0.5) is 0 Å². The lowest BCUT2D eigenvalue weighted by Crippen LogP contribution is -2.49. The van der Waals surface area contributed by atoms with Crippen LogP contribution in [0.15, 0.2) is 54.6 Å². The van der Waals surface area contributed by atoms with Gasteiger partial charge in [0.15, 0.2) is 0 Å². The number of hydrogen-bond donors (Lipinski definition) is 3. The fourth-order valence-electron chi connectivity index (χ4n) is 2.74. The summed E-state index contributed by atoms with van der Waals surface area (Å²) in [4.78, 5) is 23.3. The van der Waals surface area contributed by atoms with Crippen molar-refractivity contribution in [2.75, 3.05) is 7.11 Å². The van der Waals surface area contributed by atoms with Gasteiger partial charge in [-0.1, -0.05) is 49.1 Å². The van der Waals surface area contributed by atoms with Crippen LogP contribution in [0.5, 0.6) is 5.75 Å². The lowest BCUT2D eigenvalue weighted by atomic mass is 9.92. The standard InChI is InChI=1S/C22H23NO5/c1-15(17-8-4-3-5-9-17)20(22(26)27)23-19(21(24)25)10-6-7-16-11-13-18(28-2)14-12-16/h3-5,8-9,11-15,19-20,23H,10H2,1-2H3,(H,24,25)(H,26,27). The summed E-state index contributed by atoms with van der Waals surface area (Å²) >= 11 is 0. The Labute approximate surface area is 164 Å². The Balaban J connectivity index is 2.10. The van der Waals surface area contributed by atoms with Crippen LogP contribution in [0.2, 0.25) is 0 Å². The van der Waals surface area contributed by atoms with Gasteiger partial charge < -0.3 is 14.9 Å². The summed E-state index contributed by atoms with van der Waals surface area (Å²) in [5.41, 5.74) is 1.54. The molecule has 0 aliphatic rings. The zero-order valence-corrected chi connectivity index (χ0v) is 15.8. The molecule has 0 radical (unpaired) electrons. The van der Waals surface area contributed by atoms with Crippen LogP contribution in [0.3, 0.4) is 0 Å². The zero-order valence-electron chi connectivity index (χ0n) is 15.8. The van der Waals surface area contributed by atoms with Crippen LogP contribution in [-0.4, -0.2) is 41.3 Å². The van der Waals surface area contributed by atoms with E-state index in [4.69, 9.17) is 4.74 Å². The lowest BCUT2D eigenvalue weighted by molar-refractivity contribution is -0.142. The normalized spacial score (nSPS) is 13.5. The SMILES string of the molecule is COc1ccc(C#CCC(NC(C(=O)O)C(C)c2ccccc2)C(=O)O)cc1. The molecule has 3 N–H and O–H groups in total. The molecule has 2 rings (SSSR count). The fraction of sp³-hybridized carbons (Fsp3) is 0.273. The highest BCUT2D eigenvalue weighted by Crippen LogP contribution is 2.20. The van der Waals surface area contributed by atoms with Crippen molar-refractivity contribution in [1.82, 2.24) is 5.32 Å². The molecule has 0 fully saturated rings. The van der Waals surface area contributed by atoms with E-state index in [1.54, 1.807) is 38.3 Å². The van der Waals surface area contributed by atoms with E-state index in [2.05, 4.69) is 17.2 Å². The highest BCUT2D eigenvalue weighted by atomic mass is 16.5. The van der Waals surface area contributed by atoms with Gasteiger partial charge in [-0.25, -0.2) is 0 Å². The predicted molar refractivity (Wildman–Crippen MR) is 105 cm³/mol. The van der Waals surface area contributed by atoms with Crippen LogP contribution in [0.25, 0.3) is 0 Å². The maximum absolute atomic E-state index is 11.7. The molecular formula is C22H23NO5. The minimum absolute atomic E-state index is 0.0212. The van der Waals surface area contributed by atoms with Gasteiger partial charge in [-0.2, -0.15) is 0 Å². The molecule has 2 aromatic carbocycles. The van der Waals surface area contributed by atoms with E-state index >= 15 is 0 Å². The van der Waals surface area contributed by atoms with Gasteiger partial charge in [0.05, 0.1) is 7.11 Å². The van der Waals surface area contributed by atoms with Gasteiger partial charge >= 0.3 is 11.9 Å². The summed E-state index contributed by atoms with van der Waals surface area (Å²) in [7, 11) is 1.57. The Morgan fingerprint density at radius 2 is 1.68 bits per heavy atom. The Morgan fingerprint density at radius 3 is 2.21 bits per heavy atom. The highest BCUT2D eigenvalue weighted by molar-refractivity contribution is 5.78. The Kier molecular flexibility index (Phi) is 7.61. The summed E-state index contributed by atoms with van der Waals surface area (Å²) < 4.78 is 5.08. The van der Waals surface area contributed by atoms with Crippen molar-refractivity contribution in [3.05, 3.63) is 65.7 Å². The number of benzene rings is 2. The van der Waals surface area contributed by atoms with E-state index in [-0.39, 0.29) is 6.42 Å². The number of methoxy groups -OCH3 is 1. The van der Waals surface area contributed by atoms with Crippen molar-refractivity contribution >= 4 is 11.9 Å². The molecule has 6 nitrogen and oxygen atoms in total. The third-order valence-electron chi connectivity index (χ3n) is 4.40. The molecule has 0 aliphatic heterocycles. The quantitative estimate of drug-likeness (QED) is 0.609. The first-order valence-corrected chi connectivity index (χ1v) is 8.82. The van der Waals surface area contributed by atoms with Crippen molar-refractivity contribution in [3.8, 4) is 17.6 Å². The molecule has 0 aromatic heterocycles. The van der Waals surface area contributed by atoms with E-state index in [0.717, 1.165) is 11.1 Å². The Morgan fingerprint density at radius 1 is 1.04 bits per heavy atom. The molecule has 0 heterocycles. The van der Waals surface area contributed by atoms with Crippen molar-refractivity contribution in [3.63, 3.8) is 0 Å². The highest BCUT2D eigenvalue weighted by Gasteiger charge is 2.30. The van der Waals surface area contributed by atoms with Crippen LogP contribution < -0.4 is 10.1 Å². The van der Waals surface area contributed by atoms with Gasteiger partial charge in [0.2, 0.25) is 0 Å². The lowest BCUT2D eigenvalue weighted by Gasteiger charge is -2.24. The fourth-order valence-corrected chi connectivity index (χ4v) is 2.74. The second-order valence-electron chi connectivity index (χ2n) is 6.31. The van der Waals surface area contributed by atoms with E-state index in [1.807, 2.05) is 30.3 Å². The smallest absolute Gasteiger partial charge is 0.321 e. The molecule has 0 saturated heterocycles. The minimum atomic E-state index is -1.14. The van der Waals surface area contributed by atoms with E-state index in [0.29, 0.717) is 5.75 Å². The van der Waals surface area contributed by atoms with Crippen molar-refractivity contribution < 1.29 is 24.5 Å². The summed E-state index contributed by atoms with van der Waals surface area (Å²) in [6, 6.07) is 14.0. The number of ether oxygens (including phenoxy) is 1. The molecule has 0 amide bonds. The number of nitrogens with one attached hydrogen (secondary N) is 1. The first-order chi connectivity index (χ1) is 13.4. The van der Waals surface area contributed by atoms with E-state index in [9.17, 15) is 19.8 Å². The molecule has 3 unspecified atom stereocenters. The summed E-state index contributed by atoms with van der Waals surface area (Å²) in [5.74, 6) is 3.75. The Hall–Kier alpha value is -3.30. The van der Waals surface area contributed by atoms with Gasteiger partial charge in [-0.15, -0.1) is 0 Å². The van der Waals surface area contributed by atoms with E-state index in [1.165, 1.54) is 0 Å². The monoisotopic (exact) mass is 381 g/mol. The van der Waals surface area contributed by atoms with Crippen molar-refractivity contribution in [2.45, 2.75) is 31.3 Å². The van der Waals surface area contributed by atoms with E-state index < -0.39 is 29.9 Å². The molecule has 0 spiro atoms. The number of rotatable bonds is 8. The van der Waals surface area contributed by atoms with Crippen LogP contribution in [0.1, 0.15) is 30.4 Å². The number of carboxylic acids is 2. The predicted octanol–water partition coefficient (Wildman–Crippen LogP) is 2.74. The van der Waals surface area contributed by atoms with Crippen molar-refractivity contribution in [2.24, 2.45) is 0 Å². The van der Waals surface area contributed by atoms with Crippen LogP contribution in [-0.2, 0) is 9.59 Å². The second kappa shape index (κ2) is 10.1. The van der Waals surface area contributed by atoms with Gasteiger partial charge in [0.1, 0.15) is 17.8 Å². The zero-order chi connectivity index (χ0) is 20.5. The third kappa shape index (κ3) is 5.86. The van der Waals surface area contributed by atoms with Gasteiger partial charge in [0.25, 0.3) is 0 Å². The number of aliphatic carboxylic acids is 2. The molecule has 6 heteroatoms. The summed E-state index contributed by atoms with van der Waals surface area (Å²) in [6.07, 6.45) is -0.0212. The average molecular weight is 381 g/mol. The van der Waals surface area contributed by atoms with Crippen LogP contribution >= 0.6 is 0 Å². The molecule has 3 atom stereocenters. The number of carboxylic acid groups (broad SMARTS) is 2. The molecule has 0 saturated carbocycles. The van der Waals surface area contributed by atoms with Crippen LogP contribution in [0, 0.1) is 11.8 Å². The molecule has 2 aromatic rings. The molecule has 146 valence electrons. The Bertz CT molecular complexity index is 852. The van der Waals surface area contributed by atoms with Gasteiger partial charge in [-0.05, 0) is 29.8 Å². The second-order valence-corrected chi connectivity index (χ2v) is 6.31. The maximum Gasteiger partial charge on any atom is 0.321 e. The third-order valence-corrected chi connectivity index (χ3v) is 4.40. The summed E-state index contributed by atoms with van der Waals surface area (Å²) in [5, 5.41) is 21.8. The minimum Gasteiger partial charge on any atom is -0.497 e. The summed E-state index contributed by atoms with van der Waals surface area (Å²) in [6.45, 7) is 1.75. The molecular weight excluding hydrogens is 358 g/mol. The number of carbonyl (C=O) groups is 2. The van der Waals surface area contributed by atoms with Gasteiger partial charge in [-0.3, -0.25) is 14.9 Å². The molecule has 0 aliphatic carbocycles. The van der Waals surface area contributed by atoms with Gasteiger partial charge in [0, 0.05) is 17.9 Å².